The number of aromatic nitrogens is 3. The van der Waals surface area contributed by atoms with Gasteiger partial charge in [-0.2, -0.15) is 0 Å². The lowest BCUT2D eigenvalue weighted by atomic mass is 9.88. The lowest BCUT2D eigenvalue weighted by molar-refractivity contribution is 0.0503. The number of fused-ring (bicyclic) bond motifs is 1. The second kappa shape index (κ2) is 9.27. The molecular weight excluding hydrogens is 469 g/mol. The molecule has 0 aliphatic carbocycles. The largest absolute Gasteiger partial charge is 0.465 e. The summed E-state index contributed by atoms with van der Waals surface area (Å²) in [6.07, 6.45) is 1.49. The van der Waals surface area contributed by atoms with Crippen LogP contribution < -0.4 is 4.90 Å². The van der Waals surface area contributed by atoms with E-state index < -0.39 is 12.2 Å². The second-order valence-electron chi connectivity index (χ2n) is 8.70. The number of β-amino-alcohol motifs (C(OH)–C–C–N with tert-alkyl or cyclic N) is 1. The van der Waals surface area contributed by atoms with Crippen molar-refractivity contribution in [1.29, 1.82) is 0 Å². The number of pyridine rings is 1. The minimum Gasteiger partial charge on any atom is -0.465 e. The lowest BCUT2D eigenvalue weighted by Crippen LogP contribution is -2.45. The second-order valence-corrected chi connectivity index (χ2v) is 9.54. The predicted molar refractivity (Wildman–Crippen MR) is 133 cm³/mol. The van der Waals surface area contributed by atoms with Gasteiger partial charge in [0.2, 0.25) is 0 Å². The Morgan fingerprint density at radius 2 is 2.00 bits per heavy atom. The smallest absolute Gasteiger partial charge is 0.407 e. The maximum Gasteiger partial charge on any atom is 0.407 e. The number of aryl methyl sites for hydroxylation is 1. The summed E-state index contributed by atoms with van der Waals surface area (Å²) in [6, 6.07) is 10.2. The zero-order chi connectivity index (χ0) is 24.7. The summed E-state index contributed by atoms with van der Waals surface area (Å²) in [5.41, 5.74) is 4.28. The fourth-order valence-corrected chi connectivity index (χ4v) is 5.47. The zero-order valence-corrected chi connectivity index (χ0v) is 20.2. The maximum atomic E-state index is 13.3. The highest BCUT2D eigenvalue weighted by Gasteiger charge is 2.31. The molecule has 2 N–H and O–H groups in total. The van der Waals surface area contributed by atoms with Gasteiger partial charge in [0.25, 0.3) is 0 Å². The van der Waals surface area contributed by atoms with Crippen LogP contribution in [0.4, 0.5) is 20.1 Å². The number of aliphatic hydroxyl groups excluding tert-OH is 1. The van der Waals surface area contributed by atoms with Gasteiger partial charge in [-0.15, -0.1) is 11.3 Å². The number of hydrogen-bond donors (Lipinski definition) is 2. The van der Waals surface area contributed by atoms with Gasteiger partial charge in [0.1, 0.15) is 17.3 Å². The van der Waals surface area contributed by atoms with Crippen LogP contribution >= 0.6 is 11.3 Å². The number of halogens is 1. The highest BCUT2D eigenvalue weighted by atomic mass is 32.1. The van der Waals surface area contributed by atoms with Crippen molar-refractivity contribution in [1.82, 2.24) is 19.3 Å². The van der Waals surface area contributed by atoms with E-state index in [1.807, 2.05) is 40.1 Å². The number of likely N-dealkylation sites (tertiary alicyclic amines) is 1. The first-order chi connectivity index (χ1) is 16.9. The molecule has 10 heteroatoms. The van der Waals surface area contributed by atoms with Crippen molar-refractivity contribution < 1.29 is 19.4 Å². The van der Waals surface area contributed by atoms with E-state index in [1.54, 1.807) is 12.1 Å². The van der Waals surface area contributed by atoms with E-state index in [0.29, 0.717) is 13.0 Å². The predicted octanol–water partition coefficient (Wildman–Crippen LogP) is 4.76. The lowest BCUT2D eigenvalue weighted by Gasteiger charge is -2.34. The molecule has 0 saturated carbocycles. The van der Waals surface area contributed by atoms with Crippen LogP contribution in [0.1, 0.15) is 30.5 Å². The average molecular weight is 496 g/mol. The van der Waals surface area contributed by atoms with Crippen LogP contribution in [-0.4, -0.2) is 61.8 Å². The molecule has 0 bridgehead atoms. The van der Waals surface area contributed by atoms with Crippen LogP contribution in [0, 0.1) is 5.82 Å². The molecule has 35 heavy (non-hydrogen) atoms. The number of piperidine rings is 1. The summed E-state index contributed by atoms with van der Waals surface area (Å²) < 4.78 is 15.3. The Balaban J connectivity index is 1.49. The van der Waals surface area contributed by atoms with Crippen molar-refractivity contribution in [2.45, 2.75) is 31.8 Å². The Morgan fingerprint density at radius 3 is 2.69 bits per heavy atom. The van der Waals surface area contributed by atoms with Crippen molar-refractivity contribution in [3.05, 3.63) is 65.0 Å². The number of carboxylic acid groups (broad SMARTS) is 1. The molecule has 2 unspecified atom stereocenters. The SMILES string of the molecule is CCc1nc2ccc(C3CCN(C(=O)O)CC3O)cn2c1N(C)c1nc(-c2ccc(F)cc2)cs1. The number of imidazole rings is 1. The van der Waals surface area contributed by atoms with Gasteiger partial charge in [-0.05, 0) is 48.7 Å². The van der Waals surface area contributed by atoms with Crippen LogP contribution in [0.25, 0.3) is 16.9 Å². The Kier molecular flexibility index (Phi) is 6.16. The van der Waals surface area contributed by atoms with Crippen LogP contribution in [0.5, 0.6) is 0 Å². The van der Waals surface area contributed by atoms with Crippen molar-refractivity contribution in [3.63, 3.8) is 0 Å². The van der Waals surface area contributed by atoms with Gasteiger partial charge in [-0.3, -0.25) is 4.40 Å². The summed E-state index contributed by atoms with van der Waals surface area (Å²) in [6.45, 7) is 2.54. The van der Waals surface area contributed by atoms with Gasteiger partial charge in [0.05, 0.1) is 24.0 Å². The number of aliphatic hydroxyl groups is 1. The molecule has 182 valence electrons. The maximum absolute atomic E-state index is 13.3. The average Bonchev–Trinajstić information content (AvgIpc) is 3.48. The first kappa shape index (κ1) is 23.3. The van der Waals surface area contributed by atoms with Crippen molar-refractivity contribution in [2.75, 3.05) is 25.0 Å². The van der Waals surface area contributed by atoms with Gasteiger partial charge in [-0.25, -0.2) is 19.2 Å². The highest BCUT2D eigenvalue weighted by molar-refractivity contribution is 7.14. The Labute approximate surface area is 205 Å². The quantitative estimate of drug-likeness (QED) is 0.415. The number of rotatable bonds is 5. The Morgan fingerprint density at radius 1 is 1.23 bits per heavy atom. The number of thiazole rings is 1. The molecule has 5 rings (SSSR count). The summed E-state index contributed by atoms with van der Waals surface area (Å²) in [5, 5.41) is 22.7. The molecular formula is C25H26FN5O3S. The minimum absolute atomic E-state index is 0.0974. The van der Waals surface area contributed by atoms with E-state index in [1.165, 1.54) is 28.4 Å². The van der Waals surface area contributed by atoms with Gasteiger partial charge in [0.15, 0.2) is 5.13 Å². The van der Waals surface area contributed by atoms with Gasteiger partial charge in [0, 0.05) is 36.7 Å². The molecule has 1 amide bonds. The third kappa shape index (κ3) is 4.35. The van der Waals surface area contributed by atoms with Crippen molar-refractivity contribution in [2.24, 2.45) is 0 Å². The first-order valence-corrected chi connectivity index (χ1v) is 12.4. The highest BCUT2D eigenvalue weighted by Crippen LogP contribution is 2.35. The number of nitrogens with zero attached hydrogens (tertiary/aromatic N) is 5. The minimum atomic E-state index is -1.01. The molecule has 4 aromatic rings. The normalized spacial score (nSPS) is 18.2. The van der Waals surface area contributed by atoms with Gasteiger partial charge >= 0.3 is 6.09 Å². The van der Waals surface area contributed by atoms with Crippen LogP contribution in [-0.2, 0) is 6.42 Å². The number of benzene rings is 1. The molecule has 1 fully saturated rings. The van der Waals surface area contributed by atoms with Crippen LogP contribution in [0.2, 0.25) is 0 Å². The van der Waals surface area contributed by atoms with Gasteiger partial charge in [-0.1, -0.05) is 13.0 Å². The Bertz CT molecular complexity index is 1370. The van der Waals surface area contributed by atoms with E-state index in [9.17, 15) is 19.4 Å². The fraction of sp³-hybridized carbons (Fsp3) is 0.320. The molecule has 8 nitrogen and oxygen atoms in total. The topological polar surface area (TPSA) is 94.2 Å². The van der Waals surface area contributed by atoms with E-state index in [4.69, 9.17) is 9.97 Å². The monoisotopic (exact) mass is 495 g/mol. The molecule has 1 aliphatic rings. The van der Waals surface area contributed by atoms with E-state index in [2.05, 4.69) is 6.92 Å². The first-order valence-electron chi connectivity index (χ1n) is 11.5. The van der Waals surface area contributed by atoms with E-state index in [0.717, 1.165) is 45.5 Å². The molecule has 0 radical (unpaired) electrons. The van der Waals surface area contributed by atoms with Crippen molar-refractivity contribution >= 4 is 34.0 Å². The molecule has 0 spiro atoms. The van der Waals surface area contributed by atoms with Crippen LogP contribution in [0.15, 0.2) is 48.0 Å². The molecule has 1 saturated heterocycles. The molecule has 4 heterocycles. The summed E-state index contributed by atoms with van der Waals surface area (Å²) in [7, 11) is 1.95. The Hall–Kier alpha value is -3.50. The summed E-state index contributed by atoms with van der Waals surface area (Å²) in [4.78, 5) is 24.1. The number of amides is 1. The third-order valence-electron chi connectivity index (χ3n) is 6.54. The molecule has 1 aliphatic heterocycles. The van der Waals surface area contributed by atoms with Gasteiger partial charge < -0.3 is 20.0 Å². The fourth-order valence-electron chi connectivity index (χ4n) is 4.67. The van der Waals surface area contributed by atoms with Crippen LogP contribution in [0.3, 0.4) is 0 Å². The standard InChI is InChI=1S/C25H26FN5O3S/c1-3-19-23(29(2)24-28-20(14-35-24)15-4-7-17(26)8-5-15)31-12-16(6-9-22(31)27-19)18-10-11-30(25(33)34)13-21(18)32/h4-9,12,14,18,21,32H,3,10-11,13H2,1-2H3,(H,33,34). The molecule has 3 aromatic heterocycles. The van der Waals surface area contributed by atoms with E-state index in [-0.39, 0.29) is 18.3 Å². The molecule has 2 atom stereocenters. The molecule has 1 aromatic carbocycles. The number of anilines is 2. The number of carbonyl (C=O) groups is 1. The number of hydrogen-bond acceptors (Lipinski definition) is 6. The third-order valence-corrected chi connectivity index (χ3v) is 7.45. The zero-order valence-electron chi connectivity index (χ0n) is 19.4. The summed E-state index contributed by atoms with van der Waals surface area (Å²) >= 11 is 1.50. The summed E-state index contributed by atoms with van der Waals surface area (Å²) in [5.74, 6) is 0.446. The van der Waals surface area contributed by atoms with Crippen molar-refractivity contribution in [3.8, 4) is 11.3 Å². The van der Waals surface area contributed by atoms with E-state index >= 15 is 0 Å².